The number of hydrogen-bond acceptors (Lipinski definition) is 3. The Balaban J connectivity index is 2.24. The van der Waals surface area contributed by atoms with E-state index in [0.717, 1.165) is 18.8 Å². The number of benzene rings is 1. The number of para-hydroxylation sites is 1. The van der Waals surface area contributed by atoms with Crippen LogP contribution in [0.5, 0.6) is 5.75 Å². The Hall–Kier alpha value is -1.32. The van der Waals surface area contributed by atoms with Crippen LogP contribution < -0.4 is 4.74 Å². The van der Waals surface area contributed by atoms with Crippen molar-refractivity contribution in [3.8, 4) is 5.75 Å². The third-order valence-electron chi connectivity index (χ3n) is 2.22. The summed E-state index contributed by atoms with van der Waals surface area (Å²) in [6, 6.07) is 9.73. The number of ether oxygens (including phenoxy) is 1. The molecule has 1 aromatic rings. The first-order chi connectivity index (χ1) is 7.86. The maximum atomic E-state index is 8.86. The van der Waals surface area contributed by atoms with Crippen molar-refractivity contribution in [3.63, 3.8) is 0 Å². The zero-order valence-electron chi connectivity index (χ0n) is 9.51. The first-order valence-electron chi connectivity index (χ1n) is 5.48. The van der Waals surface area contributed by atoms with Crippen molar-refractivity contribution in [2.45, 2.75) is 0 Å². The zero-order valence-corrected chi connectivity index (χ0v) is 9.51. The normalized spacial score (nSPS) is 10.4. The molecule has 0 aliphatic carbocycles. The minimum Gasteiger partial charge on any atom is -0.492 e. The van der Waals surface area contributed by atoms with Gasteiger partial charge in [-0.25, -0.2) is 0 Å². The Labute approximate surface area is 97.0 Å². The smallest absolute Gasteiger partial charge is 0.119 e. The molecule has 0 fully saturated rings. The lowest BCUT2D eigenvalue weighted by atomic mass is 10.3. The van der Waals surface area contributed by atoms with Crippen molar-refractivity contribution in [2.24, 2.45) is 0 Å². The number of aliphatic hydroxyl groups is 1. The Kier molecular flexibility index (Phi) is 6.30. The molecule has 88 valence electrons. The van der Waals surface area contributed by atoms with Crippen LogP contribution in [0.1, 0.15) is 0 Å². The van der Waals surface area contributed by atoms with Crippen LogP contribution in [0.3, 0.4) is 0 Å². The molecular formula is C13H19NO2. The van der Waals surface area contributed by atoms with Crippen LogP contribution in [0.2, 0.25) is 0 Å². The van der Waals surface area contributed by atoms with Crippen LogP contribution >= 0.6 is 0 Å². The summed E-state index contributed by atoms with van der Waals surface area (Å²) in [5.41, 5.74) is 0. The molecule has 0 bridgehead atoms. The van der Waals surface area contributed by atoms with Crippen molar-refractivity contribution >= 4 is 0 Å². The molecule has 0 atom stereocenters. The molecule has 0 unspecified atom stereocenters. The number of nitrogens with zero attached hydrogens (tertiary/aromatic N) is 1. The van der Waals surface area contributed by atoms with Crippen molar-refractivity contribution in [1.29, 1.82) is 0 Å². The van der Waals surface area contributed by atoms with Gasteiger partial charge in [-0.05, 0) is 12.1 Å². The summed E-state index contributed by atoms with van der Waals surface area (Å²) in [4.78, 5) is 2.09. The molecule has 0 saturated heterocycles. The average molecular weight is 221 g/mol. The van der Waals surface area contributed by atoms with E-state index in [4.69, 9.17) is 9.84 Å². The molecule has 3 nitrogen and oxygen atoms in total. The molecule has 1 rings (SSSR count). The second-order valence-electron chi connectivity index (χ2n) is 3.47. The van der Waals surface area contributed by atoms with Crippen molar-refractivity contribution in [2.75, 3.05) is 32.8 Å². The van der Waals surface area contributed by atoms with E-state index in [-0.39, 0.29) is 6.61 Å². The van der Waals surface area contributed by atoms with Gasteiger partial charge >= 0.3 is 0 Å². The highest BCUT2D eigenvalue weighted by Crippen LogP contribution is 2.07. The van der Waals surface area contributed by atoms with Gasteiger partial charge in [-0.15, -0.1) is 6.58 Å². The summed E-state index contributed by atoms with van der Waals surface area (Å²) >= 11 is 0. The molecule has 0 radical (unpaired) electrons. The minimum absolute atomic E-state index is 0.166. The third-order valence-corrected chi connectivity index (χ3v) is 2.22. The van der Waals surface area contributed by atoms with Crippen LogP contribution in [-0.2, 0) is 0 Å². The fourth-order valence-electron chi connectivity index (χ4n) is 1.43. The molecule has 0 aliphatic rings. The van der Waals surface area contributed by atoms with Crippen LogP contribution in [-0.4, -0.2) is 42.9 Å². The monoisotopic (exact) mass is 221 g/mol. The predicted octanol–water partition coefficient (Wildman–Crippen LogP) is 1.55. The number of aliphatic hydroxyl groups excluding tert-OH is 1. The summed E-state index contributed by atoms with van der Waals surface area (Å²) in [6.45, 7) is 6.70. The van der Waals surface area contributed by atoms with Gasteiger partial charge < -0.3 is 9.84 Å². The van der Waals surface area contributed by atoms with Gasteiger partial charge in [-0.1, -0.05) is 24.3 Å². The van der Waals surface area contributed by atoms with Gasteiger partial charge in [-0.2, -0.15) is 0 Å². The molecule has 1 N–H and O–H groups in total. The van der Waals surface area contributed by atoms with E-state index >= 15 is 0 Å². The van der Waals surface area contributed by atoms with E-state index in [9.17, 15) is 0 Å². The quantitative estimate of drug-likeness (QED) is 0.676. The van der Waals surface area contributed by atoms with Gasteiger partial charge in [0, 0.05) is 19.6 Å². The molecule has 1 aromatic carbocycles. The molecule has 0 spiro atoms. The highest BCUT2D eigenvalue weighted by Gasteiger charge is 2.01. The van der Waals surface area contributed by atoms with Gasteiger partial charge in [0.15, 0.2) is 0 Å². The molecule has 3 heteroatoms. The predicted molar refractivity (Wildman–Crippen MR) is 65.7 cm³/mol. The van der Waals surface area contributed by atoms with Crippen molar-refractivity contribution in [1.82, 2.24) is 4.90 Å². The Bertz CT molecular complexity index is 287. The van der Waals surface area contributed by atoms with Crippen LogP contribution in [0, 0.1) is 0 Å². The molecule has 0 amide bonds. The van der Waals surface area contributed by atoms with E-state index in [1.807, 2.05) is 36.4 Å². The first kappa shape index (κ1) is 12.7. The second-order valence-corrected chi connectivity index (χ2v) is 3.47. The molecular weight excluding hydrogens is 202 g/mol. The standard InChI is InChI=1S/C13H19NO2/c1-2-8-14(9-11-15)10-12-16-13-6-4-3-5-7-13/h2-7,15H,1,8-12H2. The Morgan fingerprint density at radius 2 is 2.00 bits per heavy atom. The van der Waals surface area contributed by atoms with Crippen LogP contribution in [0.25, 0.3) is 0 Å². The summed E-state index contributed by atoms with van der Waals surface area (Å²) in [5, 5.41) is 8.86. The lowest BCUT2D eigenvalue weighted by Gasteiger charge is -2.19. The molecule has 0 saturated carbocycles. The maximum Gasteiger partial charge on any atom is 0.119 e. The Morgan fingerprint density at radius 1 is 1.25 bits per heavy atom. The SMILES string of the molecule is C=CCN(CCO)CCOc1ccccc1. The molecule has 16 heavy (non-hydrogen) atoms. The van der Waals surface area contributed by atoms with E-state index < -0.39 is 0 Å². The molecule has 0 aromatic heterocycles. The van der Waals surface area contributed by atoms with Crippen molar-refractivity contribution in [3.05, 3.63) is 43.0 Å². The topological polar surface area (TPSA) is 32.7 Å². The van der Waals surface area contributed by atoms with Gasteiger partial charge in [0.25, 0.3) is 0 Å². The lowest BCUT2D eigenvalue weighted by Crippen LogP contribution is -2.31. The van der Waals surface area contributed by atoms with Crippen LogP contribution in [0.15, 0.2) is 43.0 Å². The summed E-state index contributed by atoms with van der Waals surface area (Å²) in [7, 11) is 0. The summed E-state index contributed by atoms with van der Waals surface area (Å²) in [6.07, 6.45) is 1.83. The number of rotatable bonds is 8. The Morgan fingerprint density at radius 3 is 2.62 bits per heavy atom. The maximum absolute atomic E-state index is 8.86. The average Bonchev–Trinajstić information content (AvgIpc) is 2.31. The fourth-order valence-corrected chi connectivity index (χ4v) is 1.43. The van der Waals surface area contributed by atoms with Gasteiger partial charge in [0.2, 0.25) is 0 Å². The van der Waals surface area contributed by atoms with E-state index in [1.54, 1.807) is 0 Å². The van der Waals surface area contributed by atoms with Gasteiger partial charge in [0.05, 0.1) is 6.61 Å². The largest absolute Gasteiger partial charge is 0.492 e. The van der Waals surface area contributed by atoms with Gasteiger partial charge in [0.1, 0.15) is 12.4 Å². The van der Waals surface area contributed by atoms with Crippen LogP contribution in [0.4, 0.5) is 0 Å². The summed E-state index contributed by atoms with van der Waals surface area (Å²) in [5.74, 6) is 0.880. The number of hydrogen-bond donors (Lipinski definition) is 1. The molecule has 0 heterocycles. The first-order valence-corrected chi connectivity index (χ1v) is 5.48. The van der Waals surface area contributed by atoms with Crippen molar-refractivity contribution < 1.29 is 9.84 Å². The highest BCUT2D eigenvalue weighted by molar-refractivity contribution is 5.20. The summed E-state index contributed by atoms with van der Waals surface area (Å²) < 4.78 is 5.57. The zero-order chi connectivity index (χ0) is 11.6. The third kappa shape index (κ3) is 4.96. The minimum atomic E-state index is 0.166. The fraction of sp³-hybridized carbons (Fsp3) is 0.385. The second kappa shape index (κ2) is 7.91. The highest BCUT2D eigenvalue weighted by atomic mass is 16.5. The lowest BCUT2D eigenvalue weighted by molar-refractivity contribution is 0.180. The van der Waals surface area contributed by atoms with Gasteiger partial charge in [-0.3, -0.25) is 4.90 Å². The van der Waals surface area contributed by atoms with E-state index in [1.165, 1.54) is 0 Å². The van der Waals surface area contributed by atoms with E-state index in [2.05, 4.69) is 11.5 Å². The van der Waals surface area contributed by atoms with E-state index in [0.29, 0.717) is 13.2 Å². The molecule has 0 aliphatic heterocycles.